The zero-order valence-corrected chi connectivity index (χ0v) is 14.1. The number of nitrogens with one attached hydrogen (secondary N) is 1. The highest BCUT2D eigenvalue weighted by atomic mass is 16.2. The van der Waals surface area contributed by atoms with Gasteiger partial charge in [0.2, 0.25) is 0 Å². The fraction of sp³-hybridized carbons (Fsp3) is 0.632. The van der Waals surface area contributed by atoms with Gasteiger partial charge in [0.1, 0.15) is 0 Å². The minimum atomic E-state index is 0.0825. The molecule has 0 spiro atoms. The van der Waals surface area contributed by atoms with Crippen LogP contribution in [-0.2, 0) is 0 Å². The van der Waals surface area contributed by atoms with Gasteiger partial charge in [-0.15, -0.1) is 0 Å². The quantitative estimate of drug-likeness (QED) is 0.804. The van der Waals surface area contributed by atoms with Crippen LogP contribution >= 0.6 is 0 Å². The Labute approximate surface area is 134 Å². The molecule has 0 radical (unpaired) electrons. The summed E-state index contributed by atoms with van der Waals surface area (Å²) in [5, 5.41) is 3.16. The Balaban J connectivity index is 1.67. The van der Waals surface area contributed by atoms with E-state index >= 15 is 0 Å². The second kappa shape index (κ2) is 6.31. The number of piperidine rings is 1. The fourth-order valence-electron chi connectivity index (χ4n) is 4.35. The summed E-state index contributed by atoms with van der Waals surface area (Å²) in [5.74, 6) is 1.59. The summed E-state index contributed by atoms with van der Waals surface area (Å²) in [6, 6.07) is 4.35. The van der Waals surface area contributed by atoms with E-state index in [-0.39, 0.29) is 6.03 Å². The first-order valence-electron chi connectivity index (χ1n) is 8.68. The Kier molecular flexibility index (Phi) is 4.42. The molecule has 3 rings (SSSR count). The van der Waals surface area contributed by atoms with E-state index in [0.29, 0.717) is 0 Å². The van der Waals surface area contributed by atoms with Crippen molar-refractivity contribution in [2.45, 2.75) is 52.9 Å². The van der Waals surface area contributed by atoms with E-state index in [2.05, 4.69) is 38.2 Å². The molecular weight excluding hydrogens is 272 g/mol. The maximum atomic E-state index is 12.6. The standard InChI is InChI=1S/C19H28N2O/c1-13-10-14(2)18(15(3)11-13)20-19(22)21-9-8-16-6-4-5-7-17(16)12-21/h10-11,16-17H,4-9,12H2,1-3H3,(H,20,22)/t16-,17-/m1/s1. The number of urea groups is 1. The minimum Gasteiger partial charge on any atom is -0.324 e. The second-order valence-electron chi connectivity index (χ2n) is 7.24. The molecule has 3 heteroatoms. The van der Waals surface area contributed by atoms with E-state index in [1.165, 1.54) is 37.7 Å². The molecule has 3 nitrogen and oxygen atoms in total. The van der Waals surface area contributed by atoms with Gasteiger partial charge in [-0.05, 0) is 56.6 Å². The molecule has 2 amide bonds. The number of amides is 2. The third-order valence-corrected chi connectivity index (χ3v) is 5.49. The maximum absolute atomic E-state index is 12.6. The van der Waals surface area contributed by atoms with Gasteiger partial charge >= 0.3 is 6.03 Å². The van der Waals surface area contributed by atoms with Gasteiger partial charge < -0.3 is 10.2 Å². The normalized spacial score (nSPS) is 24.8. The average molecular weight is 300 g/mol. The van der Waals surface area contributed by atoms with Gasteiger partial charge in [-0.25, -0.2) is 4.79 Å². The predicted molar refractivity (Wildman–Crippen MR) is 91.3 cm³/mol. The molecule has 0 unspecified atom stereocenters. The van der Waals surface area contributed by atoms with Gasteiger partial charge in [0.05, 0.1) is 0 Å². The van der Waals surface area contributed by atoms with E-state index in [1.807, 2.05) is 4.90 Å². The number of hydrogen-bond donors (Lipinski definition) is 1. The van der Waals surface area contributed by atoms with E-state index in [4.69, 9.17) is 0 Å². The van der Waals surface area contributed by atoms with E-state index in [0.717, 1.165) is 41.7 Å². The molecule has 22 heavy (non-hydrogen) atoms. The van der Waals surface area contributed by atoms with Crippen molar-refractivity contribution in [1.29, 1.82) is 0 Å². The van der Waals surface area contributed by atoms with Crippen LogP contribution in [0.2, 0.25) is 0 Å². The predicted octanol–water partition coefficient (Wildman–Crippen LogP) is 4.66. The van der Waals surface area contributed by atoms with Crippen molar-refractivity contribution in [3.05, 3.63) is 28.8 Å². The first-order chi connectivity index (χ1) is 10.5. The van der Waals surface area contributed by atoms with Gasteiger partial charge in [0, 0.05) is 18.8 Å². The summed E-state index contributed by atoms with van der Waals surface area (Å²) >= 11 is 0. The molecule has 0 bridgehead atoms. The van der Waals surface area contributed by atoms with Crippen molar-refractivity contribution in [2.75, 3.05) is 18.4 Å². The number of likely N-dealkylation sites (tertiary alicyclic amines) is 1. The van der Waals surface area contributed by atoms with Crippen LogP contribution in [0, 0.1) is 32.6 Å². The van der Waals surface area contributed by atoms with Crippen LogP contribution < -0.4 is 5.32 Å². The van der Waals surface area contributed by atoms with Gasteiger partial charge in [-0.3, -0.25) is 0 Å². The molecule has 2 atom stereocenters. The molecule has 1 saturated heterocycles. The molecule has 1 saturated carbocycles. The van der Waals surface area contributed by atoms with Crippen LogP contribution in [-0.4, -0.2) is 24.0 Å². The SMILES string of the molecule is Cc1cc(C)c(NC(=O)N2CC[C@H]3CCCC[C@@H]3C2)c(C)c1. The van der Waals surface area contributed by atoms with Crippen molar-refractivity contribution in [3.63, 3.8) is 0 Å². The number of fused-ring (bicyclic) bond motifs is 1. The summed E-state index contributed by atoms with van der Waals surface area (Å²) in [7, 11) is 0. The zero-order valence-electron chi connectivity index (χ0n) is 14.1. The Morgan fingerprint density at radius 1 is 1.05 bits per heavy atom. The maximum Gasteiger partial charge on any atom is 0.321 e. The largest absolute Gasteiger partial charge is 0.324 e. The van der Waals surface area contributed by atoms with Gasteiger partial charge in [-0.2, -0.15) is 0 Å². The van der Waals surface area contributed by atoms with Crippen LogP contribution in [0.3, 0.4) is 0 Å². The van der Waals surface area contributed by atoms with Gasteiger partial charge in [0.25, 0.3) is 0 Å². The highest BCUT2D eigenvalue weighted by Gasteiger charge is 2.33. The van der Waals surface area contributed by atoms with Crippen LogP contribution in [0.25, 0.3) is 0 Å². The Bertz CT molecular complexity index is 544. The van der Waals surface area contributed by atoms with E-state index in [1.54, 1.807) is 0 Å². The number of carbonyl (C=O) groups is 1. The smallest absolute Gasteiger partial charge is 0.321 e. The number of carbonyl (C=O) groups excluding carboxylic acids is 1. The van der Waals surface area contributed by atoms with Crippen LogP contribution in [0.15, 0.2) is 12.1 Å². The third kappa shape index (κ3) is 3.13. The molecule has 2 aliphatic rings. The summed E-state index contributed by atoms with van der Waals surface area (Å²) in [5.41, 5.74) is 4.54. The molecular formula is C19H28N2O. The lowest BCUT2D eigenvalue weighted by Gasteiger charge is -2.41. The van der Waals surface area contributed by atoms with E-state index < -0.39 is 0 Å². The fourth-order valence-corrected chi connectivity index (χ4v) is 4.35. The summed E-state index contributed by atoms with van der Waals surface area (Å²) in [6.07, 6.45) is 6.58. The number of rotatable bonds is 1. The zero-order chi connectivity index (χ0) is 15.7. The lowest BCUT2D eigenvalue weighted by Crippen LogP contribution is -2.46. The number of nitrogens with zero attached hydrogens (tertiary/aromatic N) is 1. The van der Waals surface area contributed by atoms with Crippen LogP contribution in [0.5, 0.6) is 0 Å². The first-order valence-corrected chi connectivity index (χ1v) is 8.68. The van der Waals surface area contributed by atoms with Crippen molar-refractivity contribution in [3.8, 4) is 0 Å². The van der Waals surface area contributed by atoms with Crippen molar-refractivity contribution in [2.24, 2.45) is 11.8 Å². The first kappa shape index (κ1) is 15.4. The number of aryl methyl sites for hydroxylation is 3. The van der Waals surface area contributed by atoms with Crippen molar-refractivity contribution >= 4 is 11.7 Å². The van der Waals surface area contributed by atoms with Crippen molar-refractivity contribution in [1.82, 2.24) is 4.90 Å². The lowest BCUT2D eigenvalue weighted by molar-refractivity contribution is 0.108. The highest BCUT2D eigenvalue weighted by Crippen LogP contribution is 2.36. The van der Waals surface area contributed by atoms with E-state index in [9.17, 15) is 4.79 Å². The van der Waals surface area contributed by atoms with Crippen LogP contribution in [0.4, 0.5) is 10.5 Å². The second-order valence-corrected chi connectivity index (χ2v) is 7.24. The van der Waals surface area contributed by atoms with Crippen LogP contribution in [0.1, 0.15) is 48.8 Å². The molecule has 2 fully saturated rings. The molecule has 0 aromatic heterocycles. The minimum absolute atomic E-state index is 0.0825. The topological polar surface area (TPSA) is 32.3 Å². The average Bonchev–Trinajstić information content (AvgIpc) is 2.50. The lowest BCUT2D eigenvalue weighted by atomic mass is 9.75. The number of hydrogen-bond acceptors (Lipinski definition) is 1. The summed E-state index contributed by atoms with van der Waals surface area (Å²) in [4.78, 5) is 14.7. The summed E-state index contributed by atoms with van der Waals surface area (Å²) in [6.45, 7) is 8.10. The summed E-state index contributed by atoms with van der Waals surface area (Å²) < 4.78 is 0. The Morgan fingerprint density at radius 2 is 1.68 bits per heavy atom. The molecule has 120 valence electrons. The molecule has 1 N–H and O–H groups in total. The molecule has 1 aliphatic heterocycles. The van der Waals surface area contributed by atoms with Crippen molar-refractivity contribution < 1.29 is 4.79 Å². The number of benzene rings is 1. The molecule has 1 aromatic carbocycles. The highest BCUT2D eigenvalue weighted by molar-refractivity contribution is 5.91. The monoisotopic (exact) mass is 300 g/mol. The Hall–Kier alpha value is -1.51. The Morgan fingerprint density at radius 3 is 2.36 bits per heavy atom. The third-order valence-electron chi connectivity index (χ3n) is 5.49. The van der Waals surface area contributed by atoms with Gasteiger partial charge in [0.15, 0.2) is 0 Å². The number of anilines is 1. The molecule has 1 aliphatic carbocycles. The molecule has 1 heterocycles. The molecule has 1 aromatic rings. The van der Waals surface area contributed by atoms with Gasteiger partial charge in [-0.1, -0.05) is 37.0 Å².